The van der Waals surface area contributed by atoms with E-state index in [1.165, 1.54) is 17.7 Å². The first-order chi connectivity index (χ1) is 9.98. The molecule has 3 heteroatoms. The molecule has 21 heavy (non-hydrogen) atoms. The molecule has 2 aromatic carbocycles. The lowest BCUT2D eigenvalue weighted by atomic mass is 9.75. The third kappa shape index (κ3) is 3.31. The summed E-state index contributed by atoms with van der Waals surface area (Å²) in [5.74, 6) is 5.60. The Labute approximate surface area is 126 Å². The van der Waals surface area contributed by atoms with Crippen LogP contribution in [0.1, 0.15) is 43.5 Å². The number of hydrogen-bond donors (Lipinski definition) is 2. The molecule has 1 unspecified atom stereocenters. The number of benzene rings is 2. The number of halogens is 1. The molecule has 0 spiro atoms. The molecule has 0 saturated heterocycles. The largest absolute Gasteiger partial charge is 0.271 e. The molecule has 3 N–H and O–H groups in total. The Kier molecular flexibility index (Phi) is 4.76. The summed E-state index contributed by atoms with van der Waals surface area (Å²) in [4.78, 5) is 0. The fraction of sp³-hybridized carbons (Fsp3) is 0.333. The molecule has 0 bridgehead atoms. The van der Waals surface area contributed by atoms with Crippen molar-refractivity contribution in [3.8, 4) is 0 Å². The third-order valence-corrected chi connectivity index (χ3v) is 4.17. The SMILES string of the molecule is CCc1cccc(C(NN)C(C)(C)c2ccc(F)cc2)c1. The van der Waals surface area contributed by atoms with E-state index in [2.05, 4.69) is 50.5 Å². The van der Waals surface area contributed by atoms with Gasteiger partial charge in [0.25, 0.3) is 0 Å². The smallest absolute Gasteiger partial charge is 0.123 e. The molecule has 0 heterocycles. The van der Waals surface area contributed by atoms with Gasteiger partial charge in [0.15, 0.2) is 0 Å². The number of hydrazine groups is 1. The molecule has 2 nitrogen and oxygen atoms in total. The predicted octanol–water partition coefficient (Wildman–Crippen LogP) is 3.87. The van der Waals surface area contributed by atoms with Gasteiger partial charge >= 0.3 is 0 Å². The fourth-order valence-corrected chi connectivity index (χ4v) is 2.76. The molecule has 0 aliphatic heterocycles. The van der Waals surface area contributed by atoms with Crippen LogP contribution in [0, 0.1) is 5.82 Å². The summed E-state index contributed by atoms with van der Waals surface area (Å²) in [5.41, 5.74) is 6.15. The van der Waals surface area contributed by atoms with Gasteiger partial charge in [0.2, 0.25) is 0 Å². The molecule has 2 aromatic rings. The standard InChI is InChI=1S/C18H23FN2/c1-4-13-6-5-7-14(12-13)17(21-20)18(2,3)15-8-10-16(19)11-9-15/h5-12,17,21H,4,20H2,1-3H3. The summed E-state index contributed by atoms with van der Waals surface area (Å²) in [7, 11) is 0. The molecule has 1 atom stereocenters. The van der Waals surface area contributed by atoms with E-state index in [4.69, 9.17) is 5.84 Å². The number of nitrogens with one attached hydrogen (secondary N) is 1. The van der Waals surface area contributed by atoms with Crippen LogP contribution in [0.4, 0.5) is 4.39 Å². The van der Waals surface area contributed by atoms with Crippen molar-refractivity contribution in [1.82, 2.24) is 5.43 Å². The molecule has 2 rings (SSSR count). The molecular formula is C18H23FN2. The molecule has 0 radical (unpaired) electrons. The van der Waals surface area contributed by atoms with E-state index in [0.717, 1.165) is 17.5 Å². The molecule has 0 saturated carbocycles. The van der Waals surface area contributed by atoms with Crippen LogP contribution in [0.15, 0.2) is 48.5 Å². The minimum atomic E-state index is -0.255. The van der Waals surface area contributed by atoms with Crippen molar-refractivity contribution >= 4 is 0 Å². The highest BCUT2D eigenvalue weighted by molar-refractivity contribution is 5.34. The Balaban J connectivity index is 2.40. The Bertz CT molecular complexity index is 590. The van der Waals surface area contributed by atoms with E-state index in [1.807, 2.05) is 12.1 Å². The molecule has 0 fully saturated rings. The third-order valence-electron chi connectivity index (χ3n) is 4.17. The first-order valence-corrected chi connectivity index (χ1v) is 7.30. The van der Waals surface area contributed by atoms with E-state index in [-0.39, 0.29) is 17.3 Å². The van der Waals surface area contributed by atoms with Crippen LogP contribution in [0.5, 0.6) is 0 Å². The number of aryl methyl sites for hydroxylation is 1. The van der Waals surface area contributed by atoms with Gasteiger partial charge in [-0.1, -0.05) is 57.2 Å². The van der Waals surface area contributed by atoms with Gasteiger partial charge in [0, 0.05) is 5.41 Å². The second kappa shape index (κ2) is 6.37. The van der Waals surface area contributed by atoms with Gasteiger partial charge in [-0.15, -0.1) is 0 Å². The minimum absolute atomic E-state index is 0.0468. The van der Waals surface area contributed by atoms with Crippen molar-refractivity contribution < 1.29 is 4.39 Å². The minimum Gasteiger partial charge on any atom is -0.271 e. The maximum atomic E-state index is 13.1. The van der Waals surface area contributed by atoms with Gasteiger partial charge < -0.3 is 0 Å². The summed E-state index contributed by atoms with van der Waals surface area (Å²) in [6, 6.07) is 15.0. The zero-order chi connectivity index (χ0) is 15.5. The highest BCUT2D eigenvalue weighted by Crippen LogP contribution is 2.36. The average Bonchev–Trinajstić information content (AvgIpc) is 2.48. The normalized spacial score (nSPS) is 13.2. The Morgan fingerprint density at radius 2 is 1.81 bits per heavy atom. The van der Waals surface area contributed by atoms with Gasteiger partial charge in [0.05, 0.1) is 6.04 Å². The maximum Gasteiger partial charge on any atom is 0.123 e. The van der Waals surface area contributed by atoms with Crippen molar-refractivity contribution in [2.24, 2.45) is 5.84 Å². The van der Waals surface area contributed by atoms with Crippen LogP contribution in [0.25, 0.3) is 0 Å². The van der Waals surface area contributed by atoms with Gasteiger partial charge in [0.1, 0.15) is 5.82 Å². The monoisotopic (exact) mass is 286 g/mol. The van der Waals surface area contributed by atoms with Crippen molar-refractivity contribution in [2.45, 2.75) is 38.6 Å². The summed E-state index contributed by atoms with van der Waals surface area (Å²) >= 11 is 0. The lowest BCUT2D eigenvalue weighted by molar-refractivity contribution is 0.352. The molecule has 0 amide bonds. The zero-order valence-electron chi connectivity index (χ0n) is 12.9. The van der Waals surface area contributed by atoms with Crippen LogP contribution >= 0.6 is 0 Å². The van der Waals surface area contributed by atoms with Gasteiger partial charge in [-0.25, -0.2) is 4.39 Å². The number of hydrogen-bond acceptors (Lipinski definition) is 2. The first kappa shape index (κ1) is 15.7. The zero-order valence-corrected chi connectivity index (χ0v) is 12.9. The van der Waals surface area contributed by atoms with Crippen LogP contribution in [0.2, 0.25) is 0 Å². The maximum absolute atomic E-state index is 13.1. The highest BCUT2D eigenvalue weighted by Gasteiger charge is 2.32. The first-order valence-electron chi connectivity index (χ1n) is 7.30. The summed E-state index contributed by atoms with van der Waals surface area (Å²) in [6.45, 7) is 6.36. The van der Waals surface area contributed by atoms with E-state index < -0.39 is 0 Å². The van der Waals surface area contributed by atoms with Gasteiger partial charge in [-0.05, 0) is 35.2 Å². The lowest BCUT2D eigenvalue weighted by Crippen LogP contribution is -2.41. The highest BCUT2D eigenvalue weighted by atomic mass is 19.1. The average molecular weight is 286 g/mol. The number of rotatable bonds is 5. The molecule has 0 aliphatic rings. The van der Waals surface area contributed by atoms with E-state index >= 15 is 0 Å². The Hall–Kier alpha value is -1.71. The topological polar surface area (TPSA) is 38.0 Å². The summed E-state index contributed by atoms with van der Waals surface area (Å²) < 4.78 is 13.1. The van der Waals surface area contributed by atoms with Crippen LogP contribution in [-0.2, 0) is 11.8 Å². The van der Waals surface area contributed by atoms with Crippen molar-refractivity contribution in [1.29, 1.82) is 0 Å². The van der Waals surface area contributed by atoms with E-state index in [9.17, 15) is 4.39 Å². The summed E-state index contributed by atoms with van der Waals surface area (Å²) in [5, 5.41) is 0. The molecule has 112 valence electrons. The number of nitrogens with two attached hydrogens (primary N) is 1. The fourth-order valence-electron chi connectivity index (χ4n) is 2.76. The second-order valence-corrected chi connectivity index (χ2v) is 5.93. The van der Waals surface area contributed by atoms with Crippen LogP contribution in [-0.4, -0.2) is 0 Å². The second-order valence-electron chi connectivity index (χ2n) is 5.93. The molecule has 0 aromatic heterocycles. The quantitative estimate of drug-likeness (QED) is 0.647. The van der Waals surface area contributed by atoms with Gasteiger partial charge in [-0.3, -0.25) is 11.3 Å². The van der Waals surface area contributed by atoms with Crippen molar-refractivity contribution in [3.63, 3.8) is 0 Å². The Morgan fingerprint density at radius 1 is 1.14 bits per heavy atom. The predicted molar refractivity (Wildman–Crippen MR) is 85.3 cm³/mol. The van der Waals surface area contributed by atoms with Crippen LogP contribution < -0.4 is 11.3 Å². The van der Waals surface area contributed by atoms with Crippen molar-refractivity contribution in [2.75, 3.05) is 0 Å². The Morgan fingerprint density at radius 3 is 2.38 bits per heavy atom. The molecule has 0 aliphatic carbocycles. The lowest BCUT2D eigenvalue weighted by Gasteiger charge is -2.35. The van der Waals surface area contributed by atoms with E-state index in [0.29, 0.717) is 0 Å². The van der Waals surface area contributed by atoms with Gasteiger partial charge in [-0.2, -0.15) is 0 Å². The summed E-state index contributed by atoms with van der Waals surface area (Å²) in [6.07, 6.45) is 0.988. The van der Waals surface area contributed by atoms with Crippen LogP contribution in [0.3, 0.4) is 0 Å². The van der Waals surface area contributed by atoms with Crippen molar-refractivity contribution in [3.05, 3.63) is 71.0 Å². The molecular weight excluding hydrogens is 263 g/mol. The van der Waals surface area contributed by atoms with E-state index in [1.54, 1.807) is 0 Å².